The van der Waals surface area contributed by atoms with E-state index in [1.54, 1.807) is 12.0 Å². The summed E-state index contributed by atoms with van der Waals surface area (Å²) in [5.74, 6) is -1.57. The number of hydrogen-bond donors (Lipinski definition) is 1. The highest BCUT2D eigenvalue weighted by atomic mass is 16.5. The molecule has 1 heterocycles. The highest BCUT2D eigenvalue weighted by molar-refractivity contribution is 5.86. The Morgan fingerprint density at radius 1 is 1.67 bits per heavy atom. The van der Waals surface area contributed by atoms with Crippen molar-refractivity contribution in [2.75, 3.05) is 20.2 Å². The largest absolute Gasteiger partial charge is 0.481 e. The van der Waals surface area contributed by atoms with E-state index in [1.807, 2.05) is 13.8 Å². The Kier molecular flexibility index (Phi) is 3.34. The van der Waals surface area contributed by atoms with Gasteiger partial charge < -0.3 is 14.7 Å². The van der Waals surface area contributed by atoms with Gasteiger partial charge in [-0.25, -0.2) is 0 Å². The third kappa shape index (κ3) is 2.92. The molecule has 0 spiro atoms. The topological polar surface area (TPSA) is 66.8 Å². The Bertz CT molecular complexity index is 275. The second-order valence-corrected chi connectivity index (χ2v) is 4.48. The maximum absolute atomic E-state index is 11.5. The zero-order valence-electron chi connectivity index (χ0n) is 9.32. The van der Waals surface area contributed by atoms with Gasteiger partial charge >= 0.3 is 5.97 Å². The normalized spacial score (nSPS) is 22.2. The van der Waals surface area contributed by atoms with E-state index in [-0.39, 0.29) is 12.3 Å². The minimum atomic E-state index is -0.902. The minimum Gasteiger partial charge on any atom is -0.481 e. The number of carboxylic acids is 1. The molecule has 5 heteroatoms. The van der Waals surface area contributed by atoms with Crippen LogP contribution in [0.1, 0.15) is 20.3 Å². The second kappa shape index (κ2) is 4.18. The first-order valence-corrected chi connectivity index (χ1v) is 4.91. The number of ether oxygens (including phenoxy) is 1. The number of carboxylic acid groups (broad SMARTS) is 1. The fraction of sp³-hybridized carbons (Fsp3) is 0.800. The molecular weight excluding hydrogens is 198 g/mol. The quantitative estimate of drug-likeness (QED) is 0.734. The van der Waals surface area contributed by atoms with Gasteiger partial charge in [-0.15, -0.1) is 0 Å². The summed E-state index contributed by atoms with van der Waals surface area (Å²) >= 11 is 0. The van der Waals surface area contributed by atoms with Crippen molar-refractivity contribution in [3.8, 4) is 0 Å². The first-order valence-electron chi connectivity index (χ1n) is 4.91. The number of methoxy groups -OCH3 is 1. The first kappa shape index (κ1) is 12.0. The van der Waals surface area contributed by atoms with Crippen molar-refractivity contribution in [1.82, 2.24) is 4.90 Å². The van der Waals surface area contributed by atoms with Crippen molar-refractivity contribution in [3.05, 3.63) is 0 Å². The SMILES string of the molecule is COC(C)(C)CN1CC(C(=O)O)CC1=O. The van der Waals surface area contributed by atoms with Gasteiger partial charge in [0.1, 0.15) is 0 Å². The second-order valence-electron chi connectivity index (χ2n) is 4.48. The highest BCUT2D eigenvalue weighted by Gasteiger charge is 2.36. The molecule has 0 aromatic rings. The van der Waals surface area contributed by atoms with Gasteiger partial charge in [0.15, 0.2) is 0 Å². The van der Waals surface area contributed by atoms with Crippen LogP contribution in [0.15, 0.2) is 0 Å². The van der Waals surface area contributed by atoms with Crippen LogP contribution < -0.4 is 0 Å². The lowest BCUT2D eigenvalue weighted by atomic mass is 10.1. The molecule has 0 radical (unpaired) electrons. The van der Waals surface area contributed by atoms with Gasteiger partial charge in [0.2, 0.25) is 5.91 Å². The molecule has 86 valence electrons. The van der Waals surface area contributed by atoms with E-state index in [0.717, 1.165) is 0 Å². The van der Waals surface area contributed by atoms with Crippen LogP contribution in [0.4, 0.5) is 0 Å². The van der Waals surface area contributed by atoms with Crippen molar-refractivity contribution in [2.24, 2.45) is 5.92 Å². The summed E-state index contributed by atoms with van der Waals surface area (Å²) in [7, 11) is 1.58. The lowest BCUT2D eigenvalue weighted by molar-refractivity contribution is -0.141. The minimum absolute atomic E-state index is 0.104. The number of nitrogens with zero attached hydrogens (tertiary/aromatic N) is 1. The van der Waals surface area contributed by atoms with Crippen LogP contribution in [0.3, 0.4) is 0 Å². The van der Waals surface area contributed by atoms with Gasteiger partial charge in [-0.3, -0.25) is 9.59 Å². The van der Waals surface area contributed by atoms with Gasteiger partial charge in [-0.1, -0.05) is 0 Å². The van der Waals surface area contributed by atoms with Crippen LogP contribution in [0.25, 0.3) is 0 Å². The predicted molar refractivity (Wildman–Crippen MR) is 53.4 cm³/mol. The number of amides is 1. The Morgan fingerprint density at radius 3 is 2.67 bits per heavy atom. The van der Waals surface area contributed by atoms with E-state index >= 15 is 0 Å². The maximum atomic E-state index is 11.5. The average Bonchev–Trinajstić information content (AvgIpc) is 2.47. The third-order valence-electron chi connectivity index (χ3n) is 2.69. The summed E-state index contributed by atoms with van der Waals surface area (Å²) in [5, 5.41) is 8.79. The Labute approximate surface area is 89.0 Å². The zero-order chi connectivity index (χ0) is 11.6. The number of rotatable bonds is 4. The lowest BCUT2D eigenvalue weighted by Gasteiger charge is -2.28. The number of hydrogen-bond acceptors (Lipinski definition) is 3. The molecule has 15 heavy (non-hydrogen) atoms. The molecule has 0 saturated carbocycles. The Morgan fingerprint density at radius 2 is 2.27 bits per heavy atom. The van der Waals surface area contributed by atoms with Crippen LogP contribution >= 0.6 is 0 Å². The summed E-state index contributed by atoms with van der Waals surface area (Å²) in [5.41, 5.74) is -0.428. The molecule has 1 atom stereocenters. The van der Waals surface area contributed by atoms with Gasteiger partial charge in [0, 0.05) is 26.6 Å². The van der Waals surface area contributed by atoms with E-state index in [2.05, 4.69) is 0 Å². The molecule has 1 aliphatic heterocycles. The van der Waals surface area contributed by atoms with Crippen LogP contribution in [-0.4, -0.2) is 47.7 Å². The molecule has 1 N–H and O–H groups in total. The monoisotopic (exact) mass is 215 g/mol. The van der Waals surface area contributed by atoms with Gasteiger partial charge in [0.25, 0.3) is 0 Å². The third-order valence-corrected chi connectivity index (χ3v) is 2.69. The number of aliphatic carboxylic acids is 1. The van der Waals surface area contributed by atoms with E-state index < -0.39 is 17.5 Å². The van der Waals surface area contributed by atoms with E-state index in [1.165, 1.54) is 0 Å². The van der Waals surface area contributed by atoms with Gasteiger partial charge in [-0.2, -0.15) is 0 Å². The van der Waals surface area contributed by atoms with Crippen molar-refractivity contribution in [3.63, 3.8) is 0 Å². The smallest absolute Gasteiger partial charge is 0.308 e. The van der Waals surface area contributed by atoms with Gasteiger partial charge in [0.05, 0.1) is 11.5 Å². The Balaban J connectivity index is 2.58. The van der Waals surface area contributed by atoms with Crippen LogP contribution in [0, 0.1) is 5.92 Å². The summed E-state index contributed by atoms with van der Waals surface area (Å²) in [6.07, 6.45) is 0.106. The van der Waals surface area contributed by atoms with E-state index in [0.29, 0.717) is 13.1 Å². The summed E-state index contributed by atoms with van der Waals surface area (Å²) < 4.78 is 5.20. The number of carbonyl (C=O) groups excluding carboxylic acids is 1. The molecule has 1 unspecified atom stereocenters. The molecule has 1 aliphatic rings. The van der Waals surface area contributed by atoms with Crippen LogP contribution in [-0.2, 0) is 14.3 Å². The Hall–Kier alpha value is -1.10. The first-order chi connectivity index (χ1) is 6.85. The highest BCUT2D eigenvalue weighted by Crippen LogP contribution is 2.21. The standard InChI is InChI=1S/C10H17NO4/c1-10(2,15-3)6-11-5-7(9(13)14)4-8(11)12/h7H,4-6H2,1-3H3,(H,13,14). The summed E-state index contributed by atoms with van der Waals surface area (Å²) in [4.78, 5) is 23.8. The van der Waals surface area contributed by atoms with Crippen molar-refractivity contribution in [2.45, 2.75) is 25.9 Å². The molecule has 1 fully saturated rings. The summed E-state index contributed by atoms with van der Waals surface area (Å²) in [6.45, 7) is 4.47. The molecule has 1 amide bonds. The van der Waals surface area contributed by atoms with Crippen LogP contribution in [0.2, 0.25) is 0 Å². The zero-order valence-corrected chi connectivity index (χ0v) is 9.32. The fourth-order valence-corrected chi connectivity index (χ4v) is 1.61. The number of likely N-dealkylation sites (tertiary alicyclic amines) is 1. The van der Waals surface area contributed by atoms with Gasteiger partial charge in [-0.05, 0) is 13.8 Å². The van der Waals surface area contributed by atoms with Crippen LogP contribution in [0.5, 0.6) is 0 Å². The fourth-order valence-electron chi connectivity index (χ4n) is 1.61. The molecule has 0 aromatic carbocycles. The maximum Gasteiger partial charge on any atom is 0.308 e. The van der Waals surface area contributed by atoms with E-state index in [4.69, 9.17) is 9.84 Å². The molecule has 5 nitrogen and oxygen atoms in total. The van der Waals surface area contributed by atoms with Crippen molar-refractivity contribution >= 4 is 11.9 Å². The average molecular weight is 215 g/mol. The summed E-state index contributed by atoms with van der Waals surface area (Å²) in [6, 6.07) is 0. The molecule has 0 bridgehead atoms. The molecule has 0 aromatic heterocycles. The van der Waals surface area contributed by atoms with Crippen molar-refractivity contribution in [1.29, 1.82) is 0 Å². The number of carbonyl (C=O) groups is 2. The van der Waals surface area contributed by atoms with E-state index in [9.17, 15) is 9.59 Å². The van der Waals surface area contributed by atoms with Crippen molar-refractivity contribution < 1.29 is 19.4 Å². The predicted octanol–water partition coefficient (Wildman–Crippen LogP) is 0.344. The molecular formula is C10H17NO4. The lowest BCUT2D eigenvalue weighted by Crippen LogP contribution is -2.41. The molecule has 1 rings (SSSR count). The molecule has 1 saturated heterocycles. The molecule has 0 aliphatic carbocycles.